The summed E-state index contributed by atoms with van der Waals surface area (Å²) in [5, 5.41) is 21.9. The standard InChI is InChI=1S/C32H25F8N3O2.C14H17F3N2O2S2.C12H13F5N2O2.C11H11F3N2O3.C10H9F5N2O2.C2H6S2/c33-20-10-17(11-21(34)14-20)9-19(29-23(3-2-8-42-29)18-5-6-26(35)24(13-18)30(41)45)12-22(44)15-43-16-25(32(38,39)40)28-27(43)4-1-7-31(28,36)37;1-2-21-10(20)8-19-9-4-3-5-13(22-6-7-23-13)11(9)12(18-19)14(15,16)17;1-2-21-8(20)6-19-7-4-3-5-11(13,14)9(7)10(18-19)12(15,16)17;1-19-8(18)5-16-6-3-2-4-7(17)9(6)10(15-16)11(12,13)14;11-9(12)3-1-2-5-7(9)8(10(13,14)15)16-17(5)4-6(18)19;3-1-2-4/h2-3,5-6,8,10-11,13-14,16,19H,1,4,7,9,12,15H2,(H2,41,45);2-8H2,1H3;2-6H2,1H3;2-5H2,1H3;1-4H2,(H,18,19);3-4H,1-2H2/t19-;;;;;/m1...../s1. The number of fused-ring (bicyclic) bond motifs is 6. The Balaban J connectivity index is 0.000000192. The molecule has 131 heavy (non-hydrogen) atoms. The quantitative estimate of drug-likeness (QED) is 0.0239. The van der Waals surface area contributed by atoms with E-state index in [2.05, 4.69) is 60.1 Å². The van der Waals surface area contributed by atoms with Crippen LogP contribution in [0.15, 0.2) is 60.9 Å². The topological polar surface area (TPSA) is 283 Å². The molecule has 1 aliphatic heterocycles. The van der Waals surface area contributed by atoms with E-state index in [0.717, 1.165) is 64.0 Å². The van der Waals surface area contributed by atoms with Gasteiger partial charge in [0.15, 0.2) is 34.3 Å². The highest BCUT2D eigenvalue weighted by Gasteiger charge is 2.55. The van der Waals surface area contributed by atoms with E-state index in [0.29, 0.717) is 58.6 Å². The first-order valence-corrected chi connectivity index (χ1v) is 43.1. The monoisotopic (exact) mass is 1970 g/mol. The number of carboxylic acids is 1. The number of thioether (sulfide) groups is 2. The number of rotatable bonds is 20. The van der Waals surface area contributed by atoms with Gasteiger partial charge in [-0.2, -0.15) is 112 Å². The number of benzene rings is 2. The summed E-state index contributed by atoms with van der Waals surface area (Å²) in [7, 11) is 1.13. The zero-order valence-corrected chi connectivity index (χ0v) is 72.4. The predicted octanol–water partition coefficient (Wildman–Crippen LogP) is 18.7. The molecule has 1 atom stereocenters. The van der Waals surface area contributed by atoms with Gasteiger partial charge in [-0.3, -0.25) is 57.3 Å². The number of ether oxygens (including phenoxy) is 3. The van der Waals surface area contributed by atoms with Crippen LogP contribution < -0.4 is 5.73 Å². The van der Waals surface area contributed by atoms with Gasteiger partial charge in [0.05, 0.1) is 75.7 Å². The molecule has 3 N–H and O–H groups in total. The van der Waals surface area contributed by atoms with Gasteiger partial charge >= 0.3 is 54.8 Å². The summed E-state index contributed by atoms with van der Waals surface area (Å²) in [5.41, 5.74) is -4.72. The first kappa shape index (κ1) is 105. The number of thiol groups is 2. The molecule has 14 rings (SSSR count). The van der Waals surface area contributed by atoms with Crippen molar-refractivity contribution in [2.75, 3.05) is 43.3 Å². The normalized spacial score (nSPS) is 16.5. The molecule has 718 valence electrons. The summed E-state index contributed by atoms with van der Waals surface area (Å²) in [6.45, 7) is 0.600. The van der Waals surface area contributed by atoms with Gasteiger partial charge in [0.1, 0.15) is 43.6 Å². The zero-order chi connectivity index (χ0) is 97.2. The zero-order valence-electron chi connectivity index (χ0n) is 69.0. The van der Waals surface area contributed by atoms with Gasteiger partial charge < -0.3 is 29.6 Å². The van der Waals surface area contributed by atoms with Gasteiger partial charge in [0, 0.05) is 102 Å². The second kappa shape index (κ2) is 42.6. The first-order chi connectivity index (χ1) is 61.1. The van der Waals surface area contributed by atoms with Crippen LogP contribution in [-0.4, -0.2) is 138 Å². The summed E-state index contributed by atoms with van der Waals surface area (Å²) >= 11 is 10.8. The molecule has 6 aliphatic rings. The molecule has 1 amide bonds. The maximum atomic E-state index is 14.7. The van der Waals surface area contributed by atoms with Crippen molar-refractivity contribution in [3.63, 3.8) is 0 Å². The number of aliphatic carboxylic acids is 1. The lowest BCUT2D eigenvalue weighted by atomic mass is 9.86. The summed E-state index contributed by atoms with van der Waals surface area (Å²) in [4.78, 5) is 86.1. The van der Waals surface area contributed by atoms with E-state index >= 15 is 0 Å². The van der Waals surface area contributed by atoms with Crippen molar-refractivity contribution in [1.82, 2.24) is 48.7 Å². The average Bonchev–Trinajstić information content (AvgIpc) is 1.58. The van der Waals surface area contributed by atoms with Gasteiger partial charge in [-0.15, -0.1) is 23.5 Å². The molecule has 0 saturated carbocycles. The fourth-order valence-corrected chi connectivity index (χ4v) is 19.2. The maximum Gasteiger partial charge on any atom is 0.435 e. The van der Waals surface area contributed by atoms with E-state index in [1.807, 2.05) is 0 Å². The number of Topliss-reactive ketones (excluding diaryl/α,β-unsaturated/α-hetero) is 2. The number of nitrogens with two attached hydrogens (primary N) is 1. The SMILES string of the molecule is CCOC(=O)Cn1nc(C(F)(F)F)c2c1CCCC2(F)F.CCOC(=O)Cn1nc(C(F)(F)F)c2c1CCCC21SCCS1.COC(=O)Cn1nc(C(F)(F)F)c2c1CCCC2=O.NC(=O)c1cc(-c2cccnc2[C@@H](CC(=O)Cn2cc(C(F)(F)F)c3c2CCCC3(F)F)Cc2cc(F)cc(F)c2)ccc1F.O=C(O)Cn1nc(C(F)(F)F)c2c1CCCC2(F)F.SCCS. The molecule has 8 aromatic rings. The van der Waals surface area contributed by atoms with Crippen molar-refractivity contribution >= 4 is 90.1 Å². The van der Waals surface area contributed by atoms with E-state index in [1.54, 1.807) is 36.5 Å². The van der Waals surface area contributed by atoms with Crippen LogP contribution in [0.4, 0.5) is 105 Å². The number of esters is 3. The molecule has 6 aromatic heterocycles. The highest BCUT2D eigenvalue weighted by Crippen LogP contribution is 2.61. The molecule has 0 bridgehead atoms. The number of ketones is 2. The molecule has 1 spiro atoms. The Kier molecular flexibility index (Phi) is 34.1. The first-order valence-electron chi connectivity index (χ1n) is 39.8. The average molecular weight is 1970 g/mol. The summed E-state index contributed by atoms with van der Waals surface area (Å²) < 4.78 is 341. The number of alkyl halides is 21. The van der Waals surface area contributed by atoms with Crippen LogP contribution in [0, 0.1) is 17.5 Å². The minimum absolute atomic E-state index is 0.0113. The second-order valence-electron chi connectivity index (χ2n) is 30.0. The molecule has 22 nitrogen and oxygen atoms in total. The Morgan fingerprint density at radius 1 is 0.534 bits per heavy atom. The van der Waals surface area contributed by atoms with Crippen molar-refractivity contribution in [2.24, 2.45) is 5.73 Å². The third-order valence-electron chi connectivity index (χ3n) is 20.8. The number of carboxylic acid groups (broad SMARTS) is 1. The molecule has 0 radical (unpaired) electrons. The lowest BCUT2D eigenvalue weighted by molar-refractivity contribution is -0.147. The Hall–Kier alpha value is -9.88. The number of methoxy groups -OCH3 is 1. The van der Waals surface area contributed by atoms with E-state index in [1.165, 1.54) is 36.0 Å². The van der Waals surface area contributed by atoms with Crippen LogP contribution >= 0.6 is 48.8 Å². The lowest BCUT2D eigenvalue weighted by Gasteiger charge is -2.33. The summed E-state index contributed by atoms with van der Waals surface area (Å²) in [5.74, 6) is -16.9. The minimum Gasteiger partial charge on any atom is -0.480 e. The van der Waals surface area contributed by atoms with Gasteiger partial charge in [-0.05, 0) is 144 Å². The maximum absolute atomic E-state index is 14.7. The van der Waals surface area contributed by atoms with E-state index in [9.17, 15) is 139 Å². The van der Waals surface area contributed by atoms with Crippen LogP contribution in [0.5, 0.6) is 0 Å². The van der Waals surface area contributed by atoms with Crippen LogP contribution in [0.3, 0.4) is 0 Å². The lowest BCUT2D eigenvalue weighted by Crippen LogP contribution is -2.26. The highest BCUT2D eigenvalue weighted by atomic mass is 32.2. The number of halogens is 24. The molecule has 1 fully saturated rings. The Morgan fingerprint density at radius 3 is 1.44 bits per heavy atom. The van der Waals surface area contributed by atoms with Gasteiger partial charge in [-0.25, -0.2) is 39.5 Å². The molecule has 0 unspecified atom stereocenters. The number of nitrogens with zero attached hydrogens (tertiary/aromatic N) is 10. The Bertz CT molecular complexity index is 5460. The number of carbonyl (C=O) groups excluding carboxylic acids is 6. The number of primary amides is 1. The van der Waals surface area contributed by atoms with Crippen LogP contribution in [0.25, 0.3) is 11.1 Å². The van der Waals surface area contributed by atoms with Gasteiger partial charge in [0.25, 0.3) is 23.7 Å². The van der Waals surface area contributed by atoms with E-state index in [-0.39, 0.29) is 116 Å². The number of aromatic nitrogens is 10. The van der Waals surface area contributed by atoms with Crippen molar-refractivity contribution in [3.05, 3.63) is 180 Å². The minimum atomic E-state index is -5.08. The summed E-state index contributed by atoms with van der Waals surface area (Å²) in [6.07, 6.45) is -22.4. The van der Waals surface area contributed by atoms with E-state index < -0.39 is 225 Å². The third-order valence-corrected chi connectivity index (χ3v) is 25.1. The smallest absolute Gasteiger partial charge is 0.435 e. The molecule has 7 heterocycles. The number of hydrogen-bond donors (Lipinski definition) is 4. The Labute approximate surface area is 748 Å². The number of hydrogen-bond acceptors (Lipinski definition) is 19. The molecule has 5 aliphatic carbocycles. The van der Waals surface area contributed by atoms with Gasteiger partial charge in [-0.1, -0.05) is 12.1 Å². The fraction of sp³-hybridized carbons (Fsp3) is 0.506. The van der Waals surface area contributed by atoms with Crippen molar-refractivity contribution in [2.45, 2.75) is 214 Å². The molecular weight excluding hydrogens is 1890 g/mol. The molecule has 2 aromatic carbocycles. The molecular formula is C81H81F24N11O11S4. The molecule has 1 saturated heterocycles. The largest absolute Gasteiger partial charge is 0.480 e. The van der Waals surface area contributed by atoms with E-state index in [4.69, 9.17) is 15.6 Å². The van der Waals surface area contributed by atoms with Gasteiger partial charge in [0.2, 0.25) is 0 Å². The van der Waals surface area contributed by atoms with Crippen LogP contribution in [0.2, 0.25) is 0 Å². The summed E-state index contributed by atoms with van der Waals surface area (Å²) in [6, 6.07) is 9.37. The van der Waals surface area contributed by atoms with Crippen LogP contribution in [-0.2, 0) is 162 Å². The van der Waals surface area contributed by atoms with Crippen LogP contribution in [0.1, 0.15) is 201 Å². The Morgan fingerprint density at radius 2 is 0.977 bits per heavy atom. The second-order valence-corrected chi connectivity index (χ2v) is 33.9. The molecule has 50 heteroatoms. The van der Waals surface area contributed by atoms with Crippen molar-refractivity contribution < 1.29 is 158 Å². The number of carbonyl (C=O) groups is 7. The number of pyridine rings is 1. The van der Waals surface area contributed by atoms with Crippen molar-refractivity contribution in [3.8, 4) is 11.1 Å². The predicted molar refractivity (Wildman–Crippen MR) is 427 cm³/mol. The highest BCUT2D eigenvalue weighted by molar-refractivity contribution is 8.20. The third kappa shape index (κ3) is 25.5. The fourth-order valence-electron chi connectivity index (χ4n) is 15.8. The number of amides is 1. The van der Waals surface area contributed by atoms with Crippen molar-refractivity contribution in [1.29, 1.82) is 0 Å².